The molecule has 0 spiro atoms. The zero-order valence-electron chi connectivity index (χ0n) is 14.1. The molecule has 25 heavy (non-hydrogen) atoms. The van der Waals surface area contributed by atoms with Crippen LogP contribution in [0.15, 0.2) is 61.1 Å². The van der Waals surface area contributed by atoms with Gasteiger partial charge in [0.15, 0.2) is 6.20 Å². The summed E-state index contributed by atoms with van der Waals surface area (Å²) in [6.45, 7) is 2.21. The zero-order chi connectivity index (χ0) is 16.7. The molecule has 0 bridgehead atoms. The lowest BCUT2D eigenvalue weighted by molar-refractivity contribution is -0.644. The van der Waals surface area contributed by atoms with Crippen molar-refractivity contribution in [1.29, 1.82) is 0 Å². The molecule has 0 aliphatic heterocycles. The molecule has 0 saturated carbocycles. The second-order valence-electron chi connectivity index (χ2n) is 6.90. The largest absolute Gasteiger partial charge is 0.303 e. The van der Waals surface area contributed by atoms with E-state index in [9.17, 15) is 0 Å². The molecule has 0 atom stereocenters. The van der Waals surface area contributed by atoms with Gasteiger partial charge in [-0.2, -0.15) is 4.57 Å². The van der Waals surface area contributed by atoms with Crippen molar-refractivity contribution in [3.8, 4) is 0 Å². The van der Waals surface area contributed by atoms with E-state index in [2.05, 4.69) is 76.6 Å². The van der Waals surface area contributed by atoms with Crippen molar-refractivity contribution in [2.45, 2.75) is 6.92 Å². The average molecular weight is 322 g/mol. The van der Waals surface area contributed by atoms with E-state index in [4.69, 9.17) is 0 Å². The lowest BCUT2D eigenvalue weighted by Gasteiger charge is -2.12. The van der Waals surface area contributed by atoms with Gasteiger partial charge in [-0.05, 0) is 30.0 Å². The highest BCUT2D eigenvalue weighted by Gasteiger charge is 2.23. The van der Waals surface area contributed by atoms with Gasteiger partial charge in [-0.25, -0.2) is 0 Å². The molecule has 0 saturated heterocycles. The highest BCUT2D eigenvalue weighted by Crippen LogP contribution is 2.39. The number of fused-ring (bicyclic) bond motifs is 5. The summed E-state index contributed by atoms with van der Waals surface area (Å²) in [4.78, 5) is 4.38. The summed E-state index contributed by atoms with van der Waals surface area (Å²) in [5.74, 6) is 0. The number of hydrogen-bond acceptors (Lipinski definition) is 1. The van der Waals surface area contributed by atoms with Gasteiger partial charge >= 0.3 is 0 Å². The van der Waals surface area contributed by atoms with Crippen molar-refractivity contribution in [2.75, 3.05) is 0 Å². The molecule has 4 aromatic heterocycles. The van der Waals surface area contributed by atoms with Crippen LogP contribution in [0.4, 0.5) is 0 Å². The second kappa shape index (κ2) is 4.25. The zero-order valence-corrected chi connectivity index (χ0v) is 14.1. The molecule has 6 rings (SSSR count). The summed E-state index contributed by atoms with van der Waals surface area (Å²) in [5.41, 5.74) is 6.37. The van der Waals surface area contributed by atoms with Crippen molar-refractivity contribution in [3.63, 3.8) is 0 Å². The fourth-order valence-corrected chi connectivity index (χ4v) is 4.49. The van der Waals surface area contributed by atoms with Gasteiger partial charge < -0.3 is 4.40 Å². The smallest absolute Gasteiger partial charge is 0.238 e. The minimum absolute atomic E-state index is 1.21. The molecule has 3 nitrogen and oxygen atoms in total. The maximum atomic E-state index is 4.38. The first-order valence-corrected chi connectivity index (χ1v) is 8.55. The fourth-order valence-electron chi connectivity index (χ4n) is 4.49. The molecule has 118 valence electrons. The molecule has 4 heterocycles. The third-order valence-corrected chi connectivity index (χ3v) is 5.56. The van der Waals surface area contributed by atoms with E-state index in [1.165, 1.54) is 54.6 Å². The molecule has 0 unspecified atom stereocenters. The van der Waals surface area contributed by atoms with Gasteiger partial charge in [0.25, 0.3) is 0 Å². The number of benzene rings is 2. The average Bonchev–Trinajstić information content (AvgIpc) is 2.97. The quantitative estimate of drug-likeness (QED) is 0.229. The minimum atomic E-state index is 1.21. The summed E-state index contributed by atoms with van der Waals surface area (Å²) < 4.78 is 4.67. The predicted molar refractivity (Wildman–Crippen MR) is 102 cm³/mol. The van der Waals surface area contributed by atoms with Crippen LogP contribution in [0.5, 0.6) is 0 Å². The monoisotopic (exact) mass is 322 g/mol. The van der Waals surface area contributed by atoms with Crippen LogP contribution < -0.4 is 4.57 Å². The number of nitrogens with zero attached hydrogens (tertiary/aromatic N) is 3. The number of aryl methyl sites for hydroxylation is 2. The SMILES string of the molecule is Cc1ccc2cccc3c2c1c1c2c(cc[n+]1C)c1cnccc1n32. The van der Waals surface area contributed by atoms with E-state index in [1.54, 1.807) is 0 Å². The molecule has 0 aliphatic carbocycles. The minimum Gasteiger partial charge on any atom is -0.303 e. The Bertz CT molecular complexity index is 1460. The van der Waals surface area contributed by atoms with Crippen LogP contribution in [0, 0.1) is 6.92 Å². The van der Waals surface area contributed by atoms with E-state index in [1.807, 2.05) is 12.4 Å². The van der Waals surface area contributed by atoms with Crippen LogP contribution in [-0.4, -0.2) is 9.38 Å². The number of hydrogen-bond donors (Lipinski definition) is 0. The first-order valence-electron chi connectivity index (χ1n) is 8.55. The van der Waals surface area contributed by atoms with Crippen LogP contribution in [0.25, 0.3) is 49.0 Å². The Balaban J connectivity index is 2.18. The predicted octanol–water partition coefficient (Wildman–Crippen LogP) is 4.52. The third kappa shape index (κ3) is 1.43. The first-order chi connectivity index (χ1) is 12.3. The maximum Gasteiger partial charge on any atom is 0.238 e. The van der Waals surface area contributed by atoms with Gasteiger partial charge in [0.05, 0.1) is 16.4 Å². The molecule has 0 amide bonds. The highest BCUT2D eigenvalue weighted by molar-refractivity contribution is 6.25. The first kappa shape index (κ1) is 13.1. The topological polar surface area (TPSA) is 21.2 Å². The van der Waals surface area contributed by atoms with Crippen molar-refractivity contribution < 1.29 is 4.57 Å². The fraction of sp³-hybridized carbons (Fsp3) is 0.0909. The van der Waals surface area contributed by atoms with E-state index in [-0.39, 0.29) is 0 Å². The summed E-state index contributed by atoms with van der Waals surface area (Å²) in [6, 6.07) is 15.4. The molecule has 0 N–H and O–H groups in total. The highest BCUT2D eigenvalue weighted by atomic mass is 15.0. The van der Waals surface area contributed by atoms with Crippen LogP contribution >= 0.6 is 0 Å². The van der Waals surface area contributed by atoms with E-state index >= 15 is 0 Å². The van der Waals surface area contributed by atoms with Crippen LogP contribution in [0.3, 0.4) is 0 Å². The van der Waals surface area contributed by atoms with Gasteiger partial charge in [0.1, 0.15) is 12.6 Å². The lowest BCUT2D eigenvalue weighted by Crippen LogP contribution is -2.28. The van der Waals surface area contributed by atoms with Crippen molar-refractivity contribution >= 4 is 49.0 Å². The molecule has 0 radical (unpaired) electrons. The number of rotatable bonds is 0. The number of pyridine rings is 3. The van der Waals surface area contributed by atoms with Gasteiger partial charge in [-0.3, -0.25) is 4.98 Å². The Morgan fingerprint density at radius 1 is 0.920 bits per heavy atom. The Morgan fingerprint density at radius 2 is 1.84 bits per heavy atom. The molecule has 0 fully saturated rings. The molecule has 2 aromatic carbocycles. The summed E-state index contributed by atoms with van der Waals surface area (Å²) >= 11 is 0. The number of aromatic nitrogens is 3. The molecule has 0 aliphatic rings. The van der Waals surface area contributed by atoms with E-state index in [0.717, 1.165) is 0 Å². The maximum absolute atomic E-state index is 4.38. The van der Waals surface area contributed by atoms with Gasteiger partial charge in [0, 0.05) is 34.6 Å². The van der Waals surface area contributed by atoms with Crippen LogP contribution in [0.2, 0.25) is 0 Å². The summed E-state index contributed by atoms with van der Waals surface area (Å²) in [7, 11) is 2.14. The van der Waals surface area contributed by atoms with Crippen LogP contribution in [0.1, 0.15) is 5.56 Å². The van der Waals surface area contributed by atoms with E-state index in [0.29, 0.717) is 0 Å². The van der Waals surface area contributed by atoms with E-state index < -0.39 is 0 Å². The normalized spacial score (nSPS) is 12.4. The second-order valence-corrected chi connectivity index (χ2v) is 6.90. The lowest BCUT2D eigenvalue weighted by atomic mass is 9.98. The standard InChI is InChI=1S/C22H16N3/c1-13-6-7-14-4-3-5-18-20(14)19(13)22-21-15(9-11-24(22)2)16-12-23-10-8-17(16)25(18)21/h3-12H,1-2H3/q+1. The van der Waals surface area contributed by atoms with Crippen molar-refractivity contribution in [2.24, 2.45) is 7.05 Å². The van der Waals surface area contributed by atoms with Gasteiger partial charge in [-0.1, -0.05) is 24.3 Å². The molecule has 3 heteroatoms. The molecular weight excluding hydrogens is 306 g/mol. The summed E-state index contributed by atoms with van der Waals surface area (Å²) in [6.07, 6.45) is 6.04. The Kier molecular flexibility index (Phi) is 2.23. The van der Waals surface area contributed by atoms with Crippen LogP contribution in [-0.2, 0) is 7.05 Å². The third-order valence-electron chi connectivity index (χ3n) is 5.56. The van der Waals surface area contributed by atoms with Crippen molar-refractivity contribution in [3.05, 3.63) is 66.6 Å². The molecular formula is C22H16N3+. The van der Waals surface area contributed by atoms with Crippen molar-refractivity contribution in [1.82, 2.24) is 9.38 Å². The Morgan fingerprint density at radius 3 is 2.76 bits per heavy atom. The molecule has 6 aromatic rings. The Labute approximate surface area is 144 Å². The van der Waals surface area contributed by atoms with Gasteiger partial charge in [-0.15, -0.1) is 0 Å². The van der Waals surface area contributed by atoms with Gasteiger partial charge in [0.2, 0.25) is 5.52 Å². The summed E-state index contributed by atoms with van der Waals surface area (Å²) in [5, 5.41) is 6.46. The Hall–Kier alpha value is -3.20.